The summed E-state index contributed by atoms with van der Waals surface area (Å²) in [4.78, 5) is 17.5. The van der Waals surface area contributed by atoms with E-state index in [1.54, 1.807) is 6.07 Å². The molecular formula is C25H36F3N3O2. The van der Waals surface area contributed by atoms with Crippen molar-refractivity contribution in [2.75, 3.05) is 39.4 Å². The lowest BCUT2D eigenvalue weighted by molar-refractivity contribution is -0.137. The van der Waals surface area contributed by atoms with Gasteiger partial charge >= 0.3 is 6.18 Å². The van der Waals surface area contributed by atoms with Crippen LogP contribution in [0, 0.1) is 0 Å². The maximum Gasteiger partial charge on any atom is 0.416 e. The summed E-state index contributed by atoms with van der Waals surface area (Å²) in [5.41, 5.74) is 0.0686. The Bertz CT molecular complexity index is 789. The molecule has 8 heteroatoms. The van der Waals surface area contributed by atoms with Crippen LogP contribution in [0.25, 0.3) is 0 Å². The largest absolute Gasteiger partial charge is 0.416 e. The molecule has 2 saturated heterocycles. The van der Waals surface area contributed by atoms with Gasteiger partial charge in [-0.25, -0.2) is 0 Å². The number of amides is 1. The molecule has 0 spiro atoms. The van der Waals surface area contributed by atoms with Crippen molar-refractivity contribution < 1.29 is 22.7 Å². The molecule has 0 unspecified atom stereocenters. The highest BCUT2D eigenvalue weighted by Crippen LogP contribution is 2.37. The number of hydrogen-bond donors (Lipinski definition) is 1. The second-order valence-corrected chi connectivity index (χ2v) is 9.76. The fourth-order valence-electron chi connectivity index (χ4n) is 5.81. The van der Waals surface area contributed by atoms with E-state index in [0.717, 1.165) is 64.6 Å². The summed E-state index contributed by atoms with van der Waals surface area (Å²) in [6.45, 7) is 5.26. The summed E-state index contributed by atoms with van der Waals surface area (Å²) >= 11 is 0. The molecule has 1 amide bonds. The summed E-state index contributed by atoms with van der Waals surface area (Å²) in [6.07, 6.45) is 3.92. The molecule has 33 heavy (non-hydrogen) atoms. The average molecular weight is 468 g/mol. The van der Waals surface area contributed by atoms with Crippen LogP contribution in [0.3, 0.4) is 0 Å². The summed E-state index contributed by atoms with van der Waals surface area (Å²) in [7, 11) is 0. The van der Waals surface area contributed by atoms with Gasteiger partial charge in [-0.05, 0) is 43.9 Å². The van der Waals surface area contributed by atoms with E-state index < -0.39 is 11.7 Å². The quantitative estimate of drug-likeness (QED) is 0.582. The van der Waals surface area contributed by atoms with E-state index in [1.165, 1.54) is 31.4 Å². The van der Waals surface area contributed by atoms with Gasteiger partial charge in [0.2, 0.25) is 5.91 Å². The molecular weight excluding hydrogens is 431 g/mol. The molecule has 2 heterocycles. The van der Waals surface area contributed by atoms with Crippen LogP contribution in [-0.2, 0) is 22.3 Å². The molecule has 1 aromatic carbocycles. The number of alkyl halides is 3. The standard InChI is InChI=1S/C25H36F3N3O2/c26-25(27,28)21-6-4-5-20(17-21)18-29-12-9-22-7-8-23(32)31(22)19-24(10-2-1-3-11-24)30-13-15-33-16-14-30/h4-6,17,22,29H,1-3,7-16,18-19H2/t22-/m1/s1. The molecule has 4 rings (SSSR count). The summed E-state index contributed by atoms with van der Waals surface area (Å²) in [5.74, 6) is 0.246. The third-order valence-corrected chi connectivity index (χ3v) is 7.62. The van der Waals surface area contributed by atoms with E-state index in [-0.39, 0.29) is 17.5 Å². The lowest BCUT2D eigenvalue weighted by Gasteiger charge is -2.50. The first-order chi connectivity index (χ1) is 15.9. The Morgan fingerprint density at radius 3 is 2.61 bits per heavy atom. The fraction of sp³-hybridized carbons (Fsp3) is 0.720. The minimum atomic E-state index is -4.32. The molecule has 2 aliphatic heterocycles. The number of ether oxygens (including phenoxy) is 1. The zero-order valence-corrected chi connectivity index (χ0v) is 19.3. The van der Waals surface area contributed by atoms with E-state index in [4.69, 9.17) is 4.74 Å². The number of benzene rings is 1. The number of carbonyl (C=O) groups excluding carboxylic acids is 1. The molecule has 0 radical (unpaired) electrons. The van der Waals surface area contributed by atoms with Crippen LogP contribution in [0.4, 0.5) is 13.2 Å². The SMILES string of the molecule is O=C1CC[C@H](CCNCc2cccc(C(F)(F)F)c2)N1CC1(N2CCOCC2)CCCCC1. The van der Waals surface area contributed by atoms with Gasteiger partial charge in [-0.2, -0.15) is 13.2 Å². The summed E-state index contributed by atoms with van der Waals surface area (Å²) in [5, 5.41) is 3.29. The number of rotatable bonds is 8. The average Bonchev–Trinajstić information content (AvgIpc) is 3.16. The molecule has 0 aromatic heterocycles. The van der Waals surface area contributed by atoms with Gasteiger partial charge < -0.3 is 15.0 Å². The van der Waals surface area contributed by atoms with Crippen molar-refractivity contribution in [3.8, 4) is 0 Å². The van der Waals surface area contributed by atoms with Crippen molar-refractivity contribution in [2.45, 2.75) is 75.7 Å². The van der Waals surface area contributed by atoms with Gasteiger partial charge in [0.25, 0.3) is 0 Å². The van der Waals surface area contributed by atoms with Crippen molar-refractivity contribution in [1.82, 2.24) is 15.1 Å². The van der Waals surface area contributed by atoms with Gasteiger partial charge in [-0.1, -0.05) is 37.5 Å². The topological polar surface area (TPSA) is 44.8 Å². The lowest BCUT2D eigenvalue weighted by atomic mass is 9.79. The minimum Gasteiger partial charge on any atom is -0.379 e. The Morgan fingerprint density at radius 2 is 1.88 bits per heavy atom. The number of nitrogens with zero attached hydrogens (tertiary/aromatic N) is 2. The first-order valence-corrected chi connectivity index (χ1v) is 12.4. The molecule has 5 nitrogen and oxygen atoms in total. The van der Waals surface area contributed by atoms with Crippen LogP contribution >= 0.6 is 0 Å². The van der Waals surface area contributed by atoms with Gasteiger partial charge in [-0.3, -0.25) is 9.69 Å². The molecule has 3 aliphatic rings. The molecule has 1 saturated carbocycles. The van der Waals surface area contributed by atoms with E-state index >= 15 is 0 Å². The van der Waals surface area contributed by atoms with Gasteiger partial charge in [-0.15, -0.1) is 0 Å². The van der Waals surface area contributed by atoms with E-state index in [1.807, 2.05) is 0 Å². The van der Waals surface area contributed by atoms with Crippen LogP contribution in [0.5, 0.6) is 0 Å². The zero-order chi connectivity index (χ0) is 23.3. The van der Waals surface area contributed by atoms with Crippen molar-refractivity contribution >= 4 is 5.91 Å². The zero-order valence-electron chi connectivity index (χ0n) is 19.3. The molecule has 184 valence electrons. The van der Waals surface area contributed by atoms with E-state index in [0.29, 0.717) is 25.1 Å². The van der Waals surface area contributed by atoms with Gasteiger partial charge in [0.05, 0.1) is 18.8 Å². The molecule has 0 bridgehead atoms. The highest BCUT2D eigenvalue weighted by Gasteiger charge is 2.43. The number of halogens is 3. The third-order valence-electron chi connectivity index (χ3n) is 7.62. The van der Waals surface area contributed by atoms with Crippen molar-refractivity contribution in [3.63, 3.8) is 0 Å². The van der Waals surface area contributed by atoms with Gasteiger partial charge in [0.1, 0.15) is 0 Å². The van der Waals surface area contributed by atoms with Crippen molar-refractivity contribution in [1.29, 1.82) is 0 Å². The van der Waals surface area contributed by atoms with Crippen molar-refractivity contribution in [2.24, 2.45) is 0 Å². The third kappa shape index (κ3) is 6.08. The predicted octanol–water partition coefficient (Wildman–Crippen LogP) is 4.21. The first kappa shape index (κ1) is 24.5. The number of hydrogen-bond acceptors (Lipinski definition) is 4. The van der Waals surface area contributed by atoms with Crippen molar-refractivity contribution in [3.05, 3.63) is 35.4 Å². The Morgan fingerprint density at radius 1 is 1.12 bits per heavy atom. The number of nitrogens with one attached hydrogen (secondary N) is 1. The molecule has 1 atom stereocenters. The highest BCUT2D eigenvalue weighted by atomic mass is 19.4. The van der Waals surface area contributed by atoms with E-state index in [9.17, 15) is 18.0 Å². The normalized spacial score (nSPS) is 24.4. The molecule has 1 N–H and O–H groups in total. The number of likely N-dealkylation sites (tertiary alicyclic amines) is 1. The highest BCUT2D eigenvalue weighted by molar-refractivity contribution is 5.78. The maximum absolute atomic E-state index is 12.9. The molecule has 1 aliphatic carbocycles. The minimum absolute atomic E-state index is 0.0613. The Kier molecular flexibility index (Phi) is 7.97. The summed E-state index contributed by atoms with van der Waals surface area (Å²) < 4.78 is 44.4. The van der Waals surface area contributed by atoms with Crippen LogP contribution in [0.2, 0.25) is 0 Å². The van der Waals surface area contributed by atoms with Gasteiger partial charge in [0, 0.05) is 44.2 Å². The van der Waals surface area contributed by atoms with Crippen LogP contribution in [-0.4, -0.2) is 66.7 Å². The molecule has 1 aromatic rings. The second-order valence-electron chi connectivity index (χ2n) is 9.76. The number of carbonyl (C=O) groups is 1. The smallest absolute Gasteiger partial charge is 0.379 e. The monoisotopic (exact) mass is 467 g/mol. The van der Waals surface area contributed by atoms with Crippen LogP contribution in [0.1, 0.15) is 62.5 Å². The van der Waals surface area contributed by atoms with Gasteiger partial charge in [0.15, 0.2) is 0 Å². The number of morpholine rings is 1. The Balaban J connectivity index is 1.33. The fourth-order valence-corrected chi connectivity index (χ4v) is 5.81. The van der Waals surface area contributed by atoms with E-state index in [2.05, 4.69) is 15.1 Å². The Labute approximate surface area is 194 Å². The molecule has 3 fully saturated rings. The second kappa shape index (κ2) is 10.7. The van der Waals surface area contributed by atoms with Crippen LogP contribution < -0.4 is 5.32 Å². The van der Waals surface area contributed by atoms with Crippen LogP contribution in [0.15, 0.2) is 24.3 Å². The maximum atomic E-state index is 12.9. The lowest BCUT2D eigenvalue weighted by Crippen LogP contribution is -2.60. The summed E-state index contributed by atoms with van der Waals surface area (Å²) in [6, 6.07) is 5.66. The Hall–Kier alpha value is -1.64. The predicted molar refractivity (Wildman–Crippen MR) is 121 cm³/mol. The first-order valence-electron chi connectivity index (χ1n) is 12.4.